The minimum absolute atomic E-state index is 0.0523. The molecule has 3 atom stereocenters. The fourth-order valence-electron chi connectivity index (χ4n) is 2.23. The fourth-order valence-corrected chi connectivity index (χ4v) is 2.23. The number of hydrogen-bond donors (Lipinski definition) is 0. The van der Waals surface area contributed by atoms with Gasteiger partial charge in [0.25, 0.3) is 0 Å². The second-order valence-electron chi connectivity index (χ2n) is 5.46. The van der Waals surface area contributed by atoms with Crippen molar-refractivity contribution in [3.63, 3.8) is 0 Å². The smallest absolute Gasteiger partial charge is 0.309 e. The first kappa shape index (κ1) is 13.8. The number of cyclic esters (lactones) is 1. The molecular weight excluding hydrogens is 218 g/mol. The summed E-state index contributed by atoms with van der Waals surface area (Å²) in [7, 11) is 0. The van der Waals surface area contributed by atoms with E-state index in [1.54, 1.807) is 0 Å². The van der Waals surface area contributed by atoms with Crippen LogP contribution in [0.15, 0.2) is 5.11 Å². The fraction of sp³-hybridized carbons (Fsp3) is 0.917. The van der Waals surface area contributed by atoms with Gasteiger partial charge >= 0.3 is 5.97 Å². The zero-order valence-corrected chi connectivity index (χ0v) is 11.0. The van der Waals surface area contributed by atoms with Crippen LogP contribution in [0.2, 0.25) is 0 Å². The van der Waals surface area contributed by atoms with E-state index in [1.165, 1.54) is 0 Å². The molecule has 0 unspecified atom stereocenters. The van der Waals surface area contributed by atoms with Gasteiger partial charge < -0.3 is 4.74 Å². The molecule has 0 spiro atoms. The van der Waals surface area contributed by atoms with E-state index in [2.05, 4.69) is 23.9 Å². The van der Waals surface area contributed by atoms with Crippen molar-refractivity contribution in [3.8, 4) is 0 Å². The molecule has 5 heteroatoms. The monoisotopic (exact) mass is 239 g/mol. The maximum Gasteiger partial charge on any atom is 0.309 e. The number of nitrogens with zero attached hydrogens (tertiary/aromatic N) is 3. The summed E-state index contributed by atoms with van der Waals surface area (Å²) in [6.45, 7) is 8.16. The Hall–Kier alpha value is -1.22. The Balaban J connectivity index is 2.71. The van der Waals surface area contributed by atoms with Crippen LogP contribution in [-0.2, 0) is 9.53 Å². The molecule has 0 aromatic rings. The molecule has 0 aromatic heterocycles. The number of azide groups is 1. The van der Waals surface area contributed by atoms with E-state index in [0.29, 0.717) is 12.3 Å². The van der Waals surface area contributed by atoms with Crippen molar-refractivity contribution in [2.24, 2.45) is 22.9 Å². The third-order valence-electron chi connectivity index (χ3n) is 3.20. The van der Waals surface area contributed by atoms with Crippen molar-refractivity contribution in [2.75, 3.05) is 0 Å². The van der Waals surface area contributed by atoms with Gasteiger partial charge in [-0.25, -0.2) is 0 Å². The Labute approximate surface area is 102 Å². The summed E-state index contributed by atoms with van der Waals surface area (Å²) in [5, 5.41) is 3.78. The van der Waals surface area contributed by atoms with Crippen LogP contribution in [0.25, 0.3) is 10.4 Å². The second kappa shape index (κ2) is 5.92. The Morgan fingerprint density at radius 1 is 1.47 bits per heavy atom. The van der Waals surface area contributed by atoms with E-state index in [-0.39, 0.29) is 30.0 Å². The van der Waals surface area contributed by atoms with Crippen LogP contribution >= 0.6 is 0 Å². The number of esters is 1. The Morgan fingerprint density at radius 3 is 2.53 bits per heavy atom. The van der Waals surface area contributed by atoms with Crippen molar-refractivity contribution in [2.45, 2.75) is 52.7 Å². The summed E-state index contributed by atoms with van der Waals surface area (Å²) in [6, 6.07) is -0.229. The second-order valence-corrected chi connectivity index (χ2v) is 5.46. The van der Waals surface area contributed by atoms with E-state index in [4.69, 9.17) is 10.3 Å². The lowest BCUT2D eigenvalue weighted by atomic mass is 9.89. The molecule has 1 heterocycles. The van der Waals surface area contributed by atoms with E-state index in [0.717, 1.165) is 6.42 Å². The van der Waals surface area contributed by atoms with Crippen molar-refractivity contribution >= 4 is 5.97 Å². The largest absolute Gasteiger partial charge is 0.462 e. The highest BCUT2D eigenvalue weighted by Crippen LogP contribution is 2.32. The summed E-state index contributed by atoms with van der Waals surface area (Å²) >= 11 is 0. The van der Waals surface area contributed by atoms with Gasteiger partial charge in [0, 0.05) is 4.91 Å². The Bertz CT molecular complexity index is 322. The molecular formula is C12H21N3O2. The van der Waals surface area contributed by atoms with Crippen molar-refractivity contribution in [3.05, 3.63) is 10.4 Å². The number of carbonyl (C=O) groups is 1. The lowest BCUT2D eigenvalue weighted by Gasteiger charge is -2.19. The summed E-state index contributed by atoms with van der Waals surface area (Å²) in [5.41, 5.74) is 8.57. The molecule has 1 rings (SSSR count). The Morgan fingerprint density at radius 2 is 2.12 bits per heavy atom. The number of ether oxygens (including phenoxy) is 1. The molecule has 0 bridgehead atoms. The van der Waals surface area contributed by atoms with E-state index in [1.807, 2.05) is 13.8 Å². The van der Waals surface area contributed by atoms with Crippen LogP contribution < -0.4 is 0 Å². The summed E-state index contributed by atoms with van der Waals surface area (Å²) in [6.07, 6.45) is 1.19. The molecule has 0 saturated carbocycles. The van der Waals surface area contributed by atoms with Crippen LogP contribution in [0.3, 0.4) is 0 Å². The van der Waals surface area contributed by atoms with Gasteiger partial charge in [-0.15, -0.1) is 0 Å². The first-order valence-corrected chi connectivity index (χ1v) is 6.20. The molecule has 0 aromatic carbocycles. The van der Waals surface area contributed by atoms with Gasteiger partial charge in [-0.2, -0.15) is 0 Å². The summed E-state index contributed by atoms with van der Waals surface area (Å²) in [4.78, 5) is 14.5. The topological polar surface area (TPSA) is 75.1 Å². The minimum Gasteiger partial charge on any atom is -0.462 e. The van der Waals surface area contributed by atoms with Gasteiger partial charge in [0.15, 0.2) is 0 Å². The normalized spacial score (nSPS) is 25.9. The molecule has 1 aliphatic heterocycles. The summed E-state index contributed by atoms with van der Waals surface area (Å²) < 4.78 is 5.35. The standard InChI is InChI=1S/C12H21N3O2/c1-7(2)5-10(14-15-13)11-6-9(8(3)4)12(16)17-11/h7-11H,5-6H2,1-4H3/t9-,10+,11+/m0/s1. The average molecular weight is 239 g/mol. The molecule has 1 aliphatic rings. The van der Waals surface area contributed by atoms with Crippen LogP contribution in [-0.4, -0.2) is 18.1 Å². The van der Waals surface area contributed by atoms with Crippen molar-refractivity contribution in [1.29, 1.82) is 0 Å². The van der Waals surface area contributed by atoms with Crippen molar-refractivity contribution < 1.29 is 9.53 Å². The molecule has 0 N–H and O–H groups in total. The number of hydrogen-bond acceptors (Lipinski definition) is 3. The lowest BCUT2D eigenvalue weighted by Crippen LogP contribution is -2.25. The zero-order chi connectivity index (χ0) is 13.0. The molecule has 0 aliphatic carbocycles. The predicted molar refractivity (Wildman–Crippen MR) is 65.2 cm³/mol. The number of rotatable bonds is 5. The highest BCUT2D eigenvalue weighted by atomic mass is 16.6. The predicted octanol–water partition coefficient (Wildman–Crippen LogP) is 3.30. The first-order chi connectivity index (χ1) is 7.95. The molecule has 0 amide bonds. The lowest BCUT2D eigenvalue weighted by molar-refractivity contribution is -0.145. The third-order valence-corrected chi connectivity index (χ3v) is 3.20. The van der Waals surface area contributed by atoms with Crippen LogP contribution in [0.1, 0.15) is 40.5 Å². The van der Waals surface area contributed by atoms with E-state index >= 15 is 0 Å². The molecule has 96 valence electrons. The van der Waals surface area contributed by atoms with E-state index in [9.17, 15) is 4.79 Å². The molecule has 1 saturated heterocycles. The maximum absolute atomic E-state index is 11.7. The van der Waals surface area contributed by atoms with Gasteiger partial charge in [0.2, 0.25) is 0 Å². The third kappa shape index (κ3) is 3.63. The van der Waals surface area contributed by atoms with Gasteiger partial charge in [-0.1, -0.05) is 32.8 Å². The van der Waals surface area contributed by atoms with Gasteiger partial charge in [0.1, 0.15) is 6.10 Å². The quantitative estimate of drug-likeness (QED) is 0.319. The minimum atomic E-state index is -0.242. The van der Waals surface area contributed by atoms with Crippen LogP contribution in [0, 0.1) is 17.8 Å². The molecule has 0 radical (unpaired) electrons. The zero-order valence-electron chi connectivity index (χ0n) is 11.0. The SMILES string of the molecule is CC(C)C[C@@H](N=[N+]=[N-])[C@H]1C[C@@H](C(C)C)C(=O)O1. The molecule has 1 fully saturated rings. The Kier molecular flexibility index (Phi) is 4.82. The maximum atomic E-state index is 11.7. The average Bonchev–Trinajstić information content (AvgIpc) is 2.59. The number of carbonyl (C=O) groups excluding carboxylic acids is 1. The first-order valence-electron chi connectivity index (χ1n) is 6.20. The highest BCUT2D eigenvalue weighted by molar-refractivity contribution is 5.75. The molecule has 5 nitrogen and oxygen atoms in total. The highest BCUT2D eigenvalue weighted by Gasteiger charge is 2.39. The summed E-state index contributed by atoms with van der Waals surface area (Å²) in [5.74, 6) is 0.496. The van der Waals surface area contributed by atoms with Gasteiger partial charge in [0.05, 0.1) is 12.0 Å². The molecule has 17 heavy (non-hydrogen) atoms. The van der Waals surface area contributed by atoms with Crippen molar-refractivity contribution in [1.82, 2.24) is 0 Å². The van der Waals surface area contributed by atoms with Gasteiger partial charge in [-0.3, -0.25) is 4.79 Å². The van der Waals surface area contributed by atoms with Gasteiger partial charge in [-0.05, 0) is 30.2 Å². The van der Waals surface area contributed by atoms with E-state index < -0.39 is 0 Å². The van der Waals surface area contributed by atoms with Crippen LogP contribution in [0.5, 0.6) is 0 Å². The van der Waals surface area contributed by atoms with Crippen LogP contribution in [0.4, 0.5) is 0 Å².